The number of fused-ring (bicyclic) bond motifs is 1. The smallest absolute Gasteiger partial charge is 0.137 e. The molecule has 0 amide bonds. The van der Waals surface area contributed by atoms with Crippen LogP contribution < -0.4 is 0 Å². The van der Waals surface area contributed by atoms with Gasteiger partial charge in [0.1, 0.15) is 11.4 Å². The van der Waals surface area contributed by atoms with Gasteiger partial charge in [-0.05, 0) is 24.6 Å². The average Bonchev–Trinajstić information content (AvgIpc) is 2.90. The van der Waals surface area contributed by atoms with Crippen molar-refractivity contribution in [2.45, 2.75) is 19.8 Å². The van der Waals surface area contributed by atoms with E-state index in [0.29, 0.717) is 0 Å². The van der Waals surface area contributed by atoms with Gasteiger partial charge in [-0.1, -0.05) is 37.3 Å². The third kappa shape index (κ3) is 2.23. The predicted octanol–water partition coefficient (Wildman–Crippen LogP) is 3.69. The topological polar surface area (TPSA) is 34.4 Å². The van der Waals surface area contributed by atoms with Crippen LogP contribution in [0.2, 0.25) is 0 Å². The lowest BCUT2D eigenvalue weighted by atomic mass is 9.96. The number of carbonyl (C=O) groups is 1. The fourth-order valence-corrected chi connectivity index (χ4v) is 2.25. The first-order valence-corrected chi connectivity index (χ1v) is 6.69. The van der Waals surface area contributed by atoms with Crippen LogP contribution in [-0.4, -0.2) is 15.2 Å². The van der Waals surface area contributed by atoms with E-state index in [-0.39, 0.29) is 11.7 Å². The summed E-state index contributed by atoms with van der Waals surface area (Å²) in [6.45, 7) is 3.56. The third-order valence-corrected chi connectivity index (χ3v) is 3.68. The van der Waals surface area contributed by atoms with E-state index in [1.165, 1.54) is 0 Å². The van der Waals surface area contributed by atoms with Crippen molar-refractivity contribution in [3.63, 3.8) is 0 Å². The Hall–Kier alpha value is -2.42. The van der Waals surface area contributed by atoms with Gasteiger partial charge in [0.2, 0.25) is 0 Å². The van der Waals surface area contributed by atoms with Crippen LogP contribution >= 0.6 is 0 Å². The molecule has 2 aromatic heterocycles. The third-order valence-electron chi connectivity index (χ3n) is 3.68. The minimum Gasteiger partial charge on any atom is -0.306 e. The molecule has 0 spiro atoms. The second-order valence-electron chi connectivity index (χ2n) is 5.05. The number of ketones is 1. The van der Waals surface area contributed by atoms with Gasteiger partial charge < -0.3 is 4.40 Å². The van der Waals surface area contributed by atoms with Crippen molar-refractivity contribution in [3.8, 4) is 11.3 Å². The van der Waals surface area contributed by atoms with Crippen LogP contribution in [-0.2, 0) is 4.79 Å². The van der Waals surface area contributed by atoms with Crippen molar-refractivity contribution in [1.82, 2.24) is 9.38 Å². The molecular formula is C17H16N2O. The standard InChI is InChI=1S/C17H16N2O/c1-12(13(2)20)14-6-8-15(9-7-14)16-11-19-10-4-3-5-17(19)18-16/h3-12H,1-2H3. The number of carbonyl (C=O) groups excluding carboxylic acids is 1. The number of pyridine rings is 1. The van der Waals surface area contributed by atoms with E-state index >= 15 is 0 Å². The summed E-state index contributed by atoms with van der Waals surface area (Å²) in [4.78, 5) is 16.0. The first kappa shape index (κ1) is 12.6. The van der Waals surface area contributed by atoms with Crippen molar-refractivity contribution in [3.05, 3.63) is 60.4 Å². The maximum absolute atomic E-state index is 11.4. The number of hydrogen-bond acceptors (Lipinski definition) is 2. The van der Waals surface area contributed by atoms with Crippen molar-refractivity contribution in [1.29, 1.82) is 0 Å². The second kappa shape index (κ2) is 4.93. The number of rotatable bonds is 3. The molecule has 0 radical (unpaired) electrons. The molecule has 20 heavy (non-hydrogen) atoms. The molecule has 3 heteroatoms. The van der Waals surface area contributed by atoms with Gasteiger partial charge in [0.05, 0.1) is 5.69 Å². The Morgan fingerprint density at radius 1 is 1.15 bits per heavy atom. The Morgan fingerprint density at radius 2 is 1.90 bits per heavy atom. The number of hydrogen-bond donors (Lipinski definition) is 0. The SMILES string of the molecule is CC(=O)C(C)c1ccc(-c2cn3ccccc3n2)cc1. The molecule has 0 aliphatic carbocycles. The Balaban J connectivity index is 1.96. The van der Waals surface area contributed by atoms with Crippen LogP contribution in [0.4, 0.5) is 0 Å². The van der Waals surface area contributed by atoms with Crippen LogP contribution in [0.1, 0.15) is 25.3 Å². The minimum absolute atomic E-state index is 0.0508. The molecule has 0 bridgehead atoms. The second-order valence-corrected chi connectivity index (χ2v) is 5.05. The Morgan fingerprint density at radius 3 is 2.55 bits per heavy atom. The highest BCUT2D eigenvalue weighted by Crippen LogP contribution is 2.23. The molecule has 0 aliphatic heterocycles. The zero-order valence-electron chi connectivity index (χ0n) is 11.6. The number of aromatic nitrogens is 2. The van der Waals surface area contributed by atoms with Crippen molar-refractivity contribution in [2.24, 2.45) is 0 Å². The summed E-state index contributed by atoms with van der Waals surface area (Å²) >= 11 is 0. The van der Waals surface area contributed by atoms with Crippen LogP contribution in [0.5, 0.6) is 0 Å². The van der Waals surface area contributed by atoms with E-state index in [1.807, 2.05) is 66.2 Å². The molecule has 3 nitrogen and oxygen atoms in total. The number of imidazole rings is 1. The van der Waals surface area contributed by atoms with Gasteiger partial charge in [0.15, 0.2) is 0 Å². The highest BCUT2D eigenvalue weighted by atomic mass is 16.1. The lowest BCUT2D eigenvalue weighted by Gasteiger charge is -2.08. The minimum atomic E-state index is -0.0508. The van der Waals surface area contributed by atoms with Crippen LogP contribution in [0.15, 0.2) is 54.9 Å². The van der Waals surface area contributed by atoms with Crippen molar-refractivity contribution in [2.75, 3.05) is 0 Å². The number of nitrogens with zero attached hydrogens (tertiary/aromatic N) is 2. The molecule has 0 fully saturated rings. The molecule has 1 atom stereocenters. The van der Waals surface area contributed by atoms with Gasteiger partial charge in [-0.3, -0.25) is 4.79 Å². The molecule has 1 unspecified atom stereocenters. The van der Waals surface area contributed by atoms with Crippen LogP contribution in [0.3, 0.4) is 0 Å². The molecule has 100 valence electrons. The zero-order chi connectivity index (χ0) is 14.1. The molecule has 3 rings (SSSR count). The first-order chi connectivity index (χ1) is 9.65. The highest BCUT2D eigenvalue weighted by molar-refractivity contribution is 5.83. The molecule has 3 aromatic rings. The maximum Gasteiger partial charge on any atom is 0.137 e. The fraction of sp³-hybridized carbons (Fsp3) is 0.176. The lowest BCUT2D eigenvalue weighted by molar-refractivity contribution is -0.118. The largest absolute Gasteiger partial charge is 0.306 e. The number of Topliss-reactive ketones (excluding diaryl/α,β-unsaturated/α-hetero) is 1. The van der Waals surface area contributed by atoms with Crippen LogP contribution in [0.25, 0.3) is 16.9 Å². The van der Waals surface area contributed by atoms with Gasteiger partial charge in [0.25, 0.3) is 0 Å². The van der Waals surface area contributed by atoms with E-state index < -0.39 is 0 Å². The van der Waals surface area contributed by atoms with Crippen LogP contribution in [0, 0.1) is 0 Å². The molecule has 1 aromatic carbocycles. The van der Waals surface area contributed by atoms with Gasteiger partial charge in [-0.2, -0.15) is 0 Å². The van der Waals surface area contributed by atoms with Crippen molar-refractivity contribution < 1.29 is 4.79 Å². The van der Waals surface area contributed by atoms with E-state index in [9.17, 15) is 4.79 Å². The molecule has 2 heterocycles. The van der Waals surface area contributed by atoms with E-state index in [2.05, 4.69) is 4.98 Å². The van der Waals surface area contributed by atoms with Gasteiger partial charge >= 0.3 is 0 Å². The molecule has 0 aliphatic rings. The predicted molar refractivity (Wildman–Crippen MR) is 79.7 cm³/mol. The first-order valence-electron chi connectivity index (χ1n) is 6.69. The summed E-state index contributed by atoms with van der Waals surface area (Å²) in [6.07, 6.45) is 4.00. The maximum atomic E-state index is 11.4. The van der Waals surface area contributed by atoms with E-state index in [1.54, 1.807) is 6.92 Å². The van der Waals surface area contributed by atoms with Gasteiger partial charge in [-0.25, -0.2) is 4.98 Å². The summed E-state index contributed by atoms with van der Waals surface area (Å²) < 4.78 is 2.00. The summed E-state index contributed by atoms with van der Waals surface area (Å²) in [5.41, 5.74) is 3.99. The van der Waals surface area contributed by atoms with Crippen molar-refractivity contribution >= 4 is 11.4 Å². The molecule has 0 saturated carbocycles. The fourth-order valence-electron chi connectivity index (χ4n) is 2.25. The Bertz CT molecular complexity index is 723. The molecular weight excluding hydrogens is 248 g/mol. The van der Waals surface area contributed by atoms with Gasteiger partial charge in [-0.15, -0.1) is 0 Å². The molecule has 0 N–H and O–H groups in total. The number of benzene rings is 1. The summed E-state index contributed by atoms with van der Waals surface area (Å²) in [5, 5.41) is 0. The monoisotopic (exact) mass is 264 g/mol. The Kier molecular flexibility index (Phi) is 3.11. The summed E-state index contributed by atoms with van der Waals surface area (Å²) in [6, 6.07) is 14.0. The molecule has 0 saturated heterocycles. The summed E-state index contributed by atoms with van der Waals surface area (Å²) in [7, 11) is 0. The average molecular weight is 264 g/mol. The lowest BCUT2D eigenvalue weighted by Crippen LogP contribution is -2.03. The van der Waals surface area contributed by atoms with E-state index in [0.717, 1.165) is 22.5 Å². The zero-order valence-corrected chi connectivity index (χ0v) is 11.6. The normalized spacial score (nSPS) is 12.5. The highest BCUT2D eigenvalue weighted by Gasteiger charge is 2.11. The quantitative estimate of drug-likeness (QED) is 0.723. The Labute approximate surface area is 117 Å². The van der Waals surface area contributed by atoms with E-state index in [4.69, 9.17) is 0 Å². The summed E-state index contributed by atoms with van der Waals surface area (Å²) in [5.74, 6) is 0.135. The van der Waals surface area contributed by atoms with Gasteiger partial charge in [0, 0.05) is 23.9 Å².